The summed E-state index contributed by atoms with van der Waals surface area (Å²) in [6.07, 6.45) is 0.0744. The second-order valence-electron chi connectivity index (χ2n) is 9.47. The Labute approximate surface area is 239 Å². The largest absolute Gasteiger partial charge is 0.428 e. The van der Waals surface area contributed by atoms with Gasteiger partial charge < -0.3 is 9.88 Å². The number of benzene rings is 3. The molecule has 0 bridgehead atoms. The van der Waals surface area contributed by atoms with Gasteiger partial charge in [0, 0.05) is 58.4 Å². The molecule has 40 heavy (non-hydrogen) atoms. The monoisotopic (exact) mass is 585 g/mol. The molecule has 5 nitrogen and oxygen atoms in total. The lowest BCUT2D eigenvalue weighted by Crippen LogP contribution is -2.42. The quantitative estimate of drug-likeness (QED) is 0.252. The summed E-state index contributed by atoms with van der Waals surface area (Å²) >= 11 is 12.0. The summed E-state index contributed by atoms with van der Waals surface area (Å²) in [5.74, 6) is -0.232. The first-order chi connectivity index (χ1) is 19.0. The van der Waals surface area contributed by atoms with Gasteiger partial charge in [-0.3, -0.25) is 9.86 Å². The lowest BCUT2D eigenvalue weighted by molar-refractivity contribution is -0.308. The summed E-state index contributed by atoms with van der Waals surface area (Å²) in [5, 5.41) is 4.13. The number of hydrogen-bond acceptors (Lipinski definition) is 3. The number of carbonyl (C=O) groups is 1. The first-order valence-electron chi connectivity index (χ1n) is 12.3. The number of nitrogens with zero attached hydrogens (tertiary/aromatic N) is 2. The molecule has 10 heteroatoms. The van der Waals surface area contributed by atoms with Crippen LogP contribution in [0.2, 0.25) is 10.0 Å². The highest BCUT2D eigenvalue weighted by Crippen LogP contribution is 2.51. The molecule has 2 heterocycles. The predicted molar refractivity (Wildman–Crippen MR) is 149 cm³/mol. The maximum Gasteiger partial charge on any atom is 0.428 e. The van der Waals surface area contributed by atoms with E-state index >= 15 is 0 Å². The van der Waals surface area contributed by atoms with Gasteiger partial charge in [0.2, 0.25) is 5.60 Å². The Bertz CT molecular complexity index is 1560. The maximum atomic E-state index is 14.5. The van der Waals surface area contributed by atoms with Gasteiger partial charge in [-0.15, -0.1) is 0 Å². The summed E-state index contributed by atoms with van der Waals surface area (Å²) < 4.78 is 45.3. The number of hydroxylamine groups is 2. The van der Waals surface area contributed by atoms with Crippen LogP contribution in [0.1, 0.15) is 32.6 Å². The van der Waals surface area contributed by atoms with Crippen molar-refractivity contribution in [2.24, 2.45) is 0 Å². The number of nitrogens with one attached hydrogen (secondary N) is 1. The first kappa shape index (κ1) is 27.8. The van der Waals surface area contributed by atoms with E-state index in [9.17, 15) is 18.0 Å². The molecular formula is C30H24Cl2F3N3O2. The zero-order valence-corrected chi connectivity index (χ0v) is 23.0. The topological polar surface area (TPSA) is 46.5 Å². The molecule has 5 rings (SSSR count). The van der Waals surface area contributed by atoms with Crippen molar-refractivity contribution in [2.45, 2.75) is 25.2 Å². The second kappa shape index (κ2) is 10.7. The summed E-state index contributed by atoms with van der Waals surface area (Å²) in [5.41, 5.74) is 0.850. The fraction of sp³-hybridized carbons (Fsp3) is 0.167. The highest BCUT2D eigenvalue weighted by Gasteiger charge is 2.60. The molecule has 0 saturated carbocycles. The smallest absolute Gasteiger partial charge is 0.348 e. The van der Waals surface area contributed by atoms with Gasteiger partial charge in [0.05, 0.1) is 5.70 Å². The van der Waals surface area contributed by atoms with Crippen LogP contribution >= 0.6 is 23.2 Å². The van der Waals surface area contributed by atoms with Gasteiger partial charge >= 0.3 is 6.18 Å². The Hall–Kier alpha value is -3.72. The van der Waals surface area contributed by atoms with Crippen LogP contribution in [-0.4, -0.2) is 28.8 Å². The zero-order chi connectivity index (χ0) is 28.7. The number of rotatable bonds is 6. The van der Waals surface area contributed by atoms with Gasteiger partial charge in [-0.25, -0.2) is 4.84 Å². The third kappa shape index (κ3) is 5.35. The van der Waals surface area contributed by atoms with Crippen molar-refractivity contribution in [3.05, 3.63) is 129 Å². The van der Waals surface area contributed by atoms with Crippen LogP contribution in [0.5, 0.6) is 0 Å². The standard InChI is InChI=1S/C30H24Cl2F3N3O2/c1-19-13-21(27-17-29(30(33,34)35,40-37(27)2)23-14-24(31)16-25(32)15-23)5-6-22(19)18-36-28(39)20-7-9-26(10-8-20)38-11-3-4-12-38/h3-17H,18H2,1-2H3,(H,36,39). The zero-order valence-electron chi connectivity index (χ0n) is 21.5. The summed E-state index contributed by atoms with van der Waals surface area (Å²) in [7, 11) is 1.41. The Morgan fingerprint density at radius 1 is 0.975 bits per heavy atom. The third-order valence-corrected chi connectivity index (χ3v) is 7.22. The molecule has 0 aliphatic carbocycles. The lowest BCUT2D eigenvalue weighted by atomic mass is 9.91. The van der Waals surface area contributed by atoms with Crippen LogP contribution in [0.4, 0.5) is 13.2 Å². The Balaban J connectivity index is 1.35. The molecule has 1 unspecified atom stereocenters. The fourth-order valence-corrected chi connectivity index (χ4v) is 5.19. The molecule has 1 aromatic heterocycles. The molecule has 206 valence electrons. The summed E-state index contributed by atoms with van der Waals surface area (Å²) in [6, 6.07) is 20.1. The Morgan fingerprint density at radius 2 is 1.62 bits per heavy atom. The number of halogens is 5. The van der Waals surface area contributed by atoms with Crippen LogP contribution in [0.25, 0.3) is 11.4 Å². The molecule has 0 saturated heterocycles. The van der Waals surface area contributed by atoms with Crippen molar-refractivity contribution in [1.29, 1.82) is 0 Å². The molecule has 1 aliphatic rings. The van der Waals surface area contributed by atoms with Crippen molar-refractivity contribution < 1.29 is 22.8 Å². The molecule has 0 radical (unpaired) electrons. The van der Waals surface area contributed by atoms with Crippen LogP contribution in [0.15, 0.2) is 91.3 Å². The maximum absolute atomic E-state index is 14.5. The summed E-state index contributed by atoms with van der Waals surface area (Å²) in [4.78, 5) is 18.2. The van der Waals surface area contributed by atoms with Crippen molar-refractivity contribution in [2.75, 3.05) is 7.05 Å². The third-order valence-electron chi connectivity index (χ3n) is 6.78. The van der Waals surface area contributed by atoms with Crippen LogP contribution < -0.4 is 5.32 Å². The number of aromatic nitrogens is 1. The van der Waals surface area contributed by atoms with E-state index in [4.69, 9.17) is 28.0 Å². The molecular weight excluding hydrogens is 562 g/mol. The van der Waals surface area contributed by atoms with E-state index in [1.54, 1.807) is 30.3 Å². The van der Waals surface area contributed by atoms with E-state index in [1.165, 1.54) is 25.2 Å². The average Bonchev–Trinajstić information content (AvgIpc) is 3.56. The van der Waals surface area contributed by atoms with Gasteiger partial charge in [0.1, 0.15) is 0 Å². The van der Waals surface area contributed by atoms with E-state index in [2.05, 4.69) is 5.32 Å². The van der Waals surface area contributed by atoms with E-state index in [0.29, 0.717) is 11.1 Å². The average molecular weight is 586 g/mol. The minimum atomic E-state index is -4.80. The van der Waals surface area contributed by atoms with E-state index in [-0.39, 0.29) is 33.8 Å². The van der Waals surface area contributed by atoms with Crippen LogP contribution in [0.3, 0.4) is 0 Å². The minimum absolute atomic E-state index is 0.0679. The first-order valence-corrected chi connectivity index (χ1v) is 13.0. The van der Waals surface area contributed by atoms with Crippen molar-refractivity contribution in [3.63, 3.8) is 0 Å². The molecule has 1 atom stereocenters. The molecule has 4 aromatic rings. The highest BCUT2D eigenvalue weighted by atomic mass is 35.5. The molecule has 0 spiro atoms. The number of amides is 1. The van der Waals surface area contributed by atoms with Crippen LogP contribution in [-0.2, 0) is 17.0 Å². The normalized spacial score (nSPS) is 17.2. The van der Waals surface area contributed by atoms with E-state index in [0.717, 1.165) is 28.0 Å². The van der Waals surface area contributed by atoms with Gasteiger partial charge in [-0.1, -0.05) is 35.3 Å². The predicted octanol–water partition coefficient (Wildman–Crippen LogP) is 7.70. The van der Waals surface area contributed by atoms with Crippen LogP contribution in [0, 0.1) is 6.92 Å². The fourth-order valence-electron chi connectivity index (χ4n) is 4.66. The second-order valence-corrected chi connectivity index (χ2v) is 10.3. The Morgan fingerprint density at radius 3 is 2.23 bits per heavy atom. The highest BCUT2D eigenvalue weighted by molar-refractivity contribution is 6.34. The minimum Gasteiger partial charge on any atom is -0.348 e. The Kier molecular flexibility index (Phi) is 7.44. The van der Waals surface area contributed by atoms with E-state index in [1.807, 2.05) is 48.1 Å². The summed E-state index contributed by atoms with van der Waals surface area (Å²) in [6.45, 7) is 2.09. The number of hydrogen-bond donors (Lipinski definition) is 1. The SMILES string of the molecule is Cc1cc(C2=CC(c3cc(Cl)cc(Cl)c3)(C(F)(F)F)ON2C)ccc1CNC(=O)c1ccc(-n2cccc2)cc1. The number of aryl methyl sites for hydroxylation is 1. The molecule has 1 amide bonds. The van der Waals surface area contributed by atoms with Gasteiger partial charge in [-0.05, 0) is 84.8 Å². The molecule has 1 aliphatic heterocycles. The van der Waals surface area contributed by atoms with Crippen molar-refractivity contribution in [3.8, 4) is 5.69 Å². The van der Waals surface area contributed by atoms with Crippen molar-refractivity contribution >= 4 is 34.8 Å². The van der Waals surface area contributed by atoms with Gasteiger partial charge in [0.15, 0.2) is 0 Å². The van der Waals surface area contributed by atoms with Crippen molar-refractivity contribution in [1.82, 2.24) is 14.9 Å². The van der Waals surface area contributed by atoms with E-state index < -0.39 is 11.8 Å². The number of carbonyl (C=O) groups excluding carboxylic acids is 1. The lowest BCUT2D eigenvalue weighted by Gasteiger charge is -2.31. The molecule has 1 N–H and O–H groups in total. The van der Waals surface area contributed by atoms with Gasteiger partial charge in [0.25, 0.3) is 5.91 Å². The van der Waals surface area contributed by atoms with Gasteiger partial charge in [-0.2, -0.15) is 13.2 Å². The molecule has 3 aromatic carbocycles. The molecule has 0 fully saturated rings. The number of alkyl halides is 3.